The third-order valence-corrected chi connectivity index (χ3v) is 6.16. The van der Waals surface area contributed by atoms with Crippen LogP contribution in [0.3, 0.4) is 0 Å². The van der Waals surface area contributed by atoms with Gasteiger partial charge < -0.3 is 20.3 Å². The molecule has 1 atom stereocenters. The lowest BCUT2D eigenvalue weighted by Gasteiger charge is -2.16. The van der Waals surface area contributed by atoms with Crippen LogP contribution >= 0.6 is 11.6 Å². The number of aliphatic carboxylic acids is 1. The molecule has 0 heterocycles. The second-order valence-corrected chi connectivity index (χ2v) is 8.43. The number of ether oxygens (including phenoxy) is 1. The zero-order chi connectivity index (χ0) is 24.9. The van der Waals surface area contributed by atoms with Gasteiger partial charge in [-0.25, -0.2) is 9.59 Å². The molecule has 4 rings (SSSR count). The van der Waals surface area contributed by atoms with Gasteiger partial charge in [-0.2, -0.15) is 0 Å². The number of carbonyl (C=O) groups is 3. The zero-order valence-corrected chi connectivity index (χ0v) is 19.3. The number of aliphatic hydroxyl groups excluding tert-OH is 1. The Hall–Kier alpha value is -3.88. The molecule has 1 aliphatic rings. The molecule has 0 aromatic heterocycles. The Labute approximate surface area is 206 Å². The van der Waals surface area contributed by atoms with Crippen LogP contribution in [0.2, 0.25) is 5.02 Å². The number of hydrogen-bond donors (Lipinski definition) is 4. The molecule has 4 N–H and O–H groups in total. The molecule has 0 saturated carbocycles. The van der Waals surface area contributed by atoms with Gasteiger partial charge in [0.1, 0.15) is 12.6 Å². The quantitative estimate of drug-likeness (QED) is 0.370. The maximum atomic E-state index is 12.6. The summed E-state index contributed by atoms with van der Waals surface area (Å²) in [6.07, 6.45) is -0.880. The largest absolute Gasteiger partial charge is 0.480 e. The van der Waals surface area contributed by atoms with Crippen LogP contribution in [0.5, 0.6) is 0 Å². The third kappa shape index (κ3) is 5.29. The van der Waals surface area contributed by atoms with E-state index in [-0.39, 0.29) is 35.2 Å². The van der Waals surface area contributed by atoms with E-state index < -0.39 is 30.6 Å². The number of carbonyl (C=O) groups excluding carboxylic acids is 2. The highest BCUT2D eigenvalue weighted by atomic mass is 35.5. The summed E-state index contributed by atoms with van der Waals surface area (Å²) in [6, 6.07) is 18.8. The first-order valence-corrected chi connectivity index (χ1v) is 11.3. The van der Waals surface area contributed by atoms with Crippen LogP contribution in [0.4, 0.5) is 10.5 Å². The van der Waals surface area contributed by atoms with Crippen molar-refractivity contribution in [3.05, 3.63) is 88.4 Å². The highest BCUT2D eigenvalue weighted by molar-refractivity contribution is 6.33. The van der Waals surface area contributed by atoms with Crippen LogP contribution < -0.4 is 10.6 Å². The van der Waals surface area contributed by atoms with E-state index in [2.05, 4.69) is 10.6 Å². The smallest absolute Gasteiger partial charge is 0.411 e. The number of rotatable bonds is 8. The van der Waals surface area contributed by atoms with Crippen LogP contribution in [0.1, 0.15) is 33.8 Å². The molecule has 0 aliphatic heterocycles. The standard InChI is InChI=1S/C26H23ClN2O6/c27-21-10-9-15(24(31)28-22(11-12-30)25(32)33)13-23(21)29-26(34)35-14-20-18-7-3-1-5-16(18)17-6-2-4-8-19(17)20/h1-10,13,20,22,30H,11-12,14H2,(H,28,31)(H,29,34)(H,32,33)/t22-/m1/s1. The van der Waals surface area contributed by atoms with Crippen molar-refractivity contribution in [2.75, 3.05) is 18.5 Å². The van der Waals surface area contributed by atoms with Gasteiger partial charge in [-0.05, 0) is 40.5 Å². The highest BCUT2D eigenvalue weighted by Crippen LogP contribution is 2.44. The minimum atomic E-state index is -1.27. The first-order valence-electron chi connectivity index (χ1n) is 10.9. The van der Waals surface area contributed by atoms with Gasteiger partial charge in [0, 0.05) is 24.5 Å². The Bertz CT molecular complexity index is 1230. The fourth-order valence-corrected chi connectivity index (χ4v) is 4.30. The van der Waals surface area contributed by atoms with Crippen molar-refractivity contribution in [1.82, 2.24) is 5.32 Å². The number of nitrogens with one attached hydrogen (secondary N) is 2. The summed E-state index contributed by atoms with van der Waals surface area (Å²) < 4.78 is 5.51. The molecule has 3 aromatic rings. The van der Waals surface area contributed by atoms with Crippen LogP contribution in [-0.4, -0.2) is 47.4 Å². The van der Waals surface area contributed by atoms with Crippen molar-refractivity contribution in [3.8, 4) is 11.1 Å². The maximum Gasteiger partial charge on any atom is 0.411 e. The minimum absolute atomic E-state index is 0.0903. The highest BCUT2D eigenvalue weighted by Gasteiger charge is 2.29. The number of halogens is 1. The monoisotopic (exact) mass is 494 g/mol. The summed E-state index contributed by atoms with van der Waals surface area (Å²) in [4.78, 5) is 36.3. The Morgan fingerprint density at radius 2 is 1.60 bits per heavy atom. The SMILES string of the molecule is O=C(Nc1cc(C(=O)N[C@H](CCO)C(=O)O)ccc1Cl)OCC1c2ccccc2-c2ccccc21. The fourth-order valence-electron chi connectivity index (χ4n) is 4.13. The topological polar surface area (TPSA) is 125 Å². The van der Waals surface area contributed by atoms with Gasteiger partial charge in [0.2, 0.25) is 0 Å². The molecule has 180 valence electrons. The summed E-state index contributed by atoms with van der Waals surface area (Å²) in [5.41, 5.74) is 4.61. The van der Waals surface area contributed by atoms with Crippen molar-refractivity contribution >= 4 is 35.3 Å². The van der Waals surface area contributed by atoms with Crippen molar-refractivity contribution in [1.29, 1.82) is 0 Å². The normalized spacial score (nSPS) is 12.9. The molecule has 1 aliphatic carbocycles. The van der Waals surface area contributed by atoms with E-state index in [9.17, 15) is 14.4 Å². The summed E-state index contributed by atoms with van der Waals surface area (Å²) in [7, 11) is 0. The van der Waals surface area contributed by atoms with Crippen LogP contribution in [0.25, 0.3) is 11.1 Å². The fraction of sp³-hybridized carbons (Fsp3) is 0.192. The Kier molecular flexibility index (Phi) is 7.33. The summed E-state index contributed by atoms with van der Waals surface area (Å²) in [5.74, 6) is -2.06. The lowest BCUT2D eigenvalue weighted by atomic mass is 9.98. The second kappa shape index (κ2) is 10.6. The number of amides is 2. The van der Waals surface area contributed by atoms with Crippen LogP contribution in [-0.2, 0) is 9.53 Å². The molecule has 8 nitrogen and oxygen atoms in total. The van der Waals surface area contributed by atoms with Gasteiger partial charge in [-0.1, -0.05) is 60.1 Å². The zero-order valence-electron chi connectivity index (χ0n) is 18.5. The second-order valence-electron chi connectivity index (χ2n) is 8.02. The first-order chi connectivity index (χ1) is 16.9. The number of fused-ring (bicyclic) bond motifs is 3. The summed E-state index contributed by atoms with van der Waals surface area (Å²) in [5, 5.41) is 23.2. The lowest BCUT2D eigenvalue weighted by Crippen LogP contribution is -2.41. The molecule has 0 radical (unpaired) electrons. The molecular formula is C26H23ClN2O6. The molecule has 0 saturated heterocycles. The van der Waals surface area contributed by atoms with E-state index in [4.69, 9.17) is 26.6 Å². The molecule has 0 unspecified atom stereocenters. The van der Waals surface area contributed by atoms with E-state index in [1.807, 2.05) is 48.5 Å². The predicted octanol–water partition coefficient (Wildman–Crippen LogP) is 4.27. The number of anilines is 1. The molecule has 35 heavy (non-hydrogen) atoms. The van der Waals surface area contributed by atoms with Gasteiger partial charge in [0.15, 0.2) is 0 Å². The predicted molar refractivity (Wildman–Crippen MR) is 131 cm³/mol. The van der Waals surface area contributed by atoms with E-state index in [1.165, 1.54) is 18.2 Å². The molecule has 2 amide bonds. The molecule has 0 bridgehead atoms. The molecule has 9 heteroatoms. The number of hydrogen-bond acceptors (Lipinski definition) is 5. The van der Waals surface area contributed by atoms with Gasteiger partial charge in [-0.15, -0.1) is 0 Å². The number of benzene rings is 3. The van der Waals surface area contributed by atoms with Gasteiger partial charge >= 0.3 is 12.1 Å². The molecule has 0 fully saturated rings. The molecule has 3 aromatic carbocycles. The van der Waals surface area contributed by atoms with E-state index in [1.54, 1.807) is 0 Å². The molecular weight excluding hydrogens is 472 g/mol. The summed E-state index contributed by atoms with van der Waals surface area (Å²) in [6.45, 7) is -0.286. The Morgan fingerprint density at radius 3 is 2.20 bits per heavy atom. The van der Waals surface area contributed by atoms with Gasteiger partial charge in [0.05, 0.1) is 10.7 Å². The van der Waals surface area contributed by atoms with E-state index >= 15 is 0 Å². The minimum Gasteiger partial charge on any atom is -0.480 e. The summed E-state index contributed by atoms with van der Waals surface area (Å²) >= 11 is 6.18. The number of carboxylic acid groups (broad SMARTS) is 1. The van der Waals surface area contributed by atoms with Crippen LogP contribution in [0.15, 0.2) is 66.7 Å². The van der Waals surface area contributed by atoms with Crippen molar-refractivity contribution in [3.63, 3.8) is 0 Å². The number of carboxylic acids is 1. The Balaban J connectivity index is 1.43. The average Bonchev–Trinajstić information content (AvgIpc) is 3.17. The van der Waals surface area contributed by atoms with Crippen molar-refractivity contribution in [2.24, 2.45) is 0 Å². The van der Waals surface area contributed by atoms with Crippen molar-refractivity contribution in [2.45, 2.75) is 18.4 Å². The number of aliphatic hydroxyl groups is 1. The third-order valence-electron chi connectivity index (χ3n) is 5.83. The Morgan fingerprint density at radius 1 is 0.971 bits per heavy atom. The maximum absolute atomic E-state index is 12.6. The van der Waals surface area contributed by atoms with Crippen molar-refractivity contribution < 1.29 is 29.3 Å². The van der Waals surface area contributed by atoms with Gasteiger partial charge in [-0.3, -0.25) is 10.1 Å². The van der Waals surface area contributed by atoms with E-state index in [0.717, 1.165) is 22.3 Å². The van der Waals surface area contributed by atoms with E-state index in [0.29, 0.717) is 0 Å². The van der Waals surface area contributed by atoms with Gasteiger partial charge in [0.25, 0.3) is 5.91 Å². The average molecular weight is 495 g/mol. The van der Waals surface area contributed by atoms with Crippen LogP contribution in [0, 0.1) is 0 Å². The lowest BCUT2D eigenvalue weighted by molar-refractivity contribution is -0.139. The first kappa shape index (κ1) is 24.3. The molecule has 0 spiro atoms.